The van der Waals surface area contributed by atoms with Crippen LogP contribution in [0, 0.1) is 5.41 Å². The summed E-state index contributed by atoms with van der Waals surface area (Å²) < 4.78 is 40.6. The highest BCUT2D eigenvalue weighted by atomic mass is 19.3. The van der Waals surface area contributed by atoms with Crippen LogP contribution in [0.15, 0.2) is 17.1 Å². The molecular formula is C19H28F2N4O4. The number of guanidine groups is 1. The van der Waals surface area contributed by atoms with Gasteiger partial charge in [-0.1, -0.05) is 20.8 Å². The Balaban J connectivity index is 2.01. The van der Waals surface area contributed by atoms with E-state index in [1.54, 1.807) is 6.07 Å². The molecule has 1 aliphatic heterocycles. The Hall–Kier alpha value is -2.78. The van der Waals surface area contributed by atoms with E-state index in [-0.39, 0.29) is 25.0 Å². The molecule has 8 nitrogen and oxygen atoms in total. The Labute approximate surface area is 169 Å². The first-order valence-corrected chi connectivity index (χ1v) is 9.38. The fourth-order valence-electron chi connectivity index (χ4n) is 2.42. The van der Waals surface area contributed by atoms with Gasteiger partial charge in [0.25, 0.3) is 0 Å². The van der Waals surface area contributed by atoms with Crippen molar-refractivity contribution in [2.24, 2.45) is 10.4 Å². The van der Waals surface area contributed by atoms with E-state index in [9.17, 15) is 13.6 Å². The zero-order valence-corrected chi connectivity index (χ0v) is 17.1. The van der Waals surface area contributed by atoms with Gasteiger partial charge < -0.3 is 30.2 Å². The minimum atomic E-state index is -2.96. The average Bonchev–Trinajstić information content (AvgIpc) is 3.08. The molecule has 1 aromatic rings. The van der Waals surface area contributed by atoms with Crippen molar-refractivity contribution in [2.45, 2.75) is 40.9 Å². The van der Waals surface area contributed by atoms with Crippen LogP contribution in [-0.2, 0) is 11.3 Å². The van der Waals surface area contributed by atoms with Crippen LogP contribution in [0.25, 0.3) is 0 Å². The van der Waals surface area contributed by atoms with Crippen LogP contribution < -0.4 is 30.2 Å². The smallest absolute Gasteiger partial charge is 0.387 e. The second-order valence-electron chi connectivity index (χ2n) is 7.32. The fraction of sp³-hybridized carbons (Fsp3) is 0.579. The number of alkyl halides is 2. The first-order valence-electron chi connectivity index (χ1n) is 9.38. The highest BCUT2D eigenvalue weighted by molar-refractivity contribution is 5.82. The summed E-state index contributed by atoms with van der Waals surface area (Å²) in [6, 6.07) is 2.96. The van der Waals surface area contributed by atoms with Crippen LogP contribution in [0.4, 0.5) is 8.78 Å². The molecule has 162 valence electrons. The highest BCUT2D eigenvalue weighted by Crippen LogP contribution is 2.39. The van der Waals surface area contributed by atoms with Crippen LogP contribution in [0.5, 0.6) is 17.2 Å². The summed E-state index contributed by atoms with van der Waals surface area (Å²) in [5.41, 5.74) is -0.0215. The lowest BCUT2D eigenvalue weighted by molar-refractivity contribution is -0.128. The largest absolute Gasteiger partial charge is 0.454 e. The Bertz CT molecular complexity index is 736. The molecule has 1 aliphatic rings. The number of nitrogens with zero attached hydrogens (tertiary/aromatic N) is 1. The monoisotopic (exact) mass is 414 g/mol. The zero-order chi connectivity index (χ0) is 21.4. The molecule has 0 bridgehead atoms. The maximum atomic E-state index is 12.7. The van der Waals surface area contributed by atoms with Gasteiger partial charge in [0, 0.05) is 36.7 Å². The van der Waals surface area contributed by atoms with Crippen molar-refractivity contribution < 1.29 is 27.8 Å². The molecule has 0 saturated carbocycles. The topological polar surface area (TPSA) is 93.2 Å². The van der Waals surface area contributed by atoms with Crippen molar-refractivity contribution in [1.29, 1.82) is 0 Å². The van der Waals surface area contributed by atoms with Gasteiger partial charge in [-0.3, -0.25) is 4.79 Å². The molecule has 1 aromatic carbocycles. The summed E-state index contributed by atoms with van der Waals surface area (Å²) in [4.78, 5) is 16.3. The lowest BCUT2D eigenvalue weighted by atomic mass is 9.96. The molecule has 3 N–H and O–H groups in total. The maximum absolute atomic E-state index is 12.7. The molecule has 1 heterocycles. The third kappa shape index (κ3) is 6.95. The number of hydrogen-bond acceptors (Lipinski definition) is 5. The number of rotatable bonds is 8. The molecular weight excluding hydrogens is 386 g/mol. The predicted molar refractivity (Wildman–Crippen MR) is 104 cm³/mol. The Kier molecular flexibility index (Phi) is 7.86. The van der Waals surface area contributed by atoms with Crippen LogP contribution in [0.2, 0.25) is 0 Å². The lowest BCUT2D eigenvalue weighted by Gasteiger charge is -2.18. The van der Waals surface area contributed by atoms with Gasteiger partial charge in [-0.15, -0.1) is 0 Å². The Morgan fingerprint density at radius 2 is 1.83 bits per heavy atom. The summed E-state index contributed by atoms with van der Waals surface area (Å²) in [6.07, 6.45) is 0. The summed E-state index contributed by atoms with van der Waals surface area (Å²) in [7, 11) is 0. The Morgan fingerprint density at radius 1 is 1.17 bits per heavy atom. The summed E-state index contributed by atoms with van der Waals surface area (Å²) in [5.74, 6) is 1.24. The number of nitrogens with one attached hydrogen (secondary N) is 3. The fourth-order valence-corrected chi connectivity index (χ4v) is 2.42. The van der Waals surface area contributed by atoms with Gasteiger partial charge in [0.05, 0.1) is 6.54 Å². The van der Waals surface area contributed by atoms with Gasteiger partial charge in [0.2, 0.25) is 12.7 Å². The van der Waals surface area contributed by atoms with Crippen LogP contribution in [-0.4, -0.2) is 44.9 Å². The first kappa shape index (κ1) is 22.5. The summed E-state index contributed by atoms with van der Waals surface area (Å²) in [6.45, 7) is 6.06. The molecule has 1 amide bonds. The number of ether oxygens (including phenoxy) is 3. The van der Waals surface area contributed by atoms with Crippen molar-refractivity contribution in [3.63, 3.8) is 0 Å². The number of hydrogen-bond donors (Lipinski definition) is 3. The molecule has 2 rings (SSSR count). The number of halogens is 2. The zero-order valence-electron chi connectivity index (χ0n) is 17.1. The normalized spacial score (nSPS) is 13.4. The van der Waals surface area contributed by atoms with E-state index in [1.807, 2.05) is 27.7 Å². The number of carbonyl (C=O) groups excluding carboxylic acids is 1. The van der Waals surface area contributed by atoms with Crippen molar-refractivity contribution in [3.8, 4) is 17.2 Å². The van der Waals surface area contributed by atoms with Crippen molar-refractivity contribution in [3.05, 3.63) is 17.7 Å². The van der Waals surface area contributed by atoms with E-state index in [1.165, 1.54) is 6.07 Å². The van der Waals surface area contributed by atoms with E-state index in [0.29, 0.717) is 42.7 Å². The molecule has 29 heavy (non-hydrogen) atoms. The van der Waals surface area contributed by atoms with Gasteiger partial charge in [-0.2, -0.15) is 8.78 Å². The minimum absolute atomic E-state index is 0.0127. The lowest BCUT2D eigenvalue weighted by Crippen LogP contribution is -2.43. The van der Waals surface area contributed by atoms with Crippen LogP contribution >= 0.6 is 0 Å². The summed E-state index contributed by atoms with van der Waals surface area (Å²) >= 11 is 0. The second-order valence-corrected chi connectivity index (χ2v) is 7.32. The van der Waals surface area contributed by atoms with E-state index in [0.717, 1.165) is 0 Å². The predicted octanol–water partition coefficient (Wildman–Crippen LogP) is 2.23. The molecule has 0 saturated heterocycles. The molecule has 0 fully saturated rings. The molecule has 10 heteroatoms. The van der Waals surface area contributed by atoms with Gasteiger partial charge in [-0.25, -0.2) is 4.99 Å². The molecule has 0 aliphatic carbocycles. The SMILES string of the molecule is CCNC(=NCc1cc2c(cc1OC(F)F)OCO2)NCCNC(=O)C(C)(C)C. The quantitative estimate of drug-likeness (QED) is 0.343. The number of benzene rings is 1. The third-order valence-corrected chi connectivity index (χ3v) is 3.91. The number of carbonyl (C=O) groups is 1. The average molecular weight is 414 g/mol. The van der Waals surface area contributed by atoms with E-state index in [2.05, 4.69) is 25.7 Å². The number of aliphatic imine (C=N–C) groups is 1. The highest BCUT2D eigenvalue weighted by Gasteiger charge is 2.21. The van der Waals surface area contributed by atoms with E-state index in [4.69, 9.17) is 9.47 Å². The second kappa shape index (κ2) is 10.1. The van der Waals surface area contributed by atoms with Crippen molar-refractivity contribution in [2.75, 3.05) is 26.4 Å². The Morgan fingerprint density at radius 3 is 2.45 bits per heavy atom. The maximum Gasteiger partial charge on any atom is 0.387 e. The van der Waals surface area contributed by atoms with Gasteiger partial charge in [-0.05, 0) is 13.0 Å². The summed E-state index contributed by atoms with van der Waals surface area (Å²) in [5, 5.41) is 8.99. The molecule has 0 unspecified atom stereocenters. The number of amides is 1. The van der Waals surface area contributed by atoms with E-state index < -0.39 is 12.0 Å². The molecule has 0 aromatic heterocycles. The standard InChI is InChI=1S/C19H28F2N4O4/c1-5-22-18(24-7-6-23-16(26)19(2,3)4)25-10-12-8-14-15(28-11-27-14)9-13(12)29-17(20)21/h8-9,17H,5-7,10-11H2,1-4H3,(H,23,26)(H2,22,24,25). The van der Waals surface area contributed by atoms with Crippen molar-refractivity contribution >= 4 is 11.9 Å². The van der Waals surface area contributed by atoms with Gasteiger partial charge >= 0.3 is 6.61 Å². The molecule has 0 radical (unpaired) electrons. The van der Waals surface area contributed by atoms with Crippen molar-refractivity contribution in [1.82, 2.24) is 16.0 Å². The molecule has 0 spiro atoms. The minimum Gasteiger partial charge on any atom is -0.454 e. The van der Waals surface area contributed by atoms with Gasteiger partial charge in [0.1, 0.15) is 5.75 Å². The first-order chi connectivity index (χ1) is 13.7. The van der Waals surface area contributed by atoms with Crippen LogP contribution in [0.1, 0.15) is 33.3 Å². The van der Waals surface area contributed by atoms with Gasteiger partial charge in [0.15, 0.2) is 17.5 Å². The van der Waals surface area contributed by atoms with E-state index >= 15 is 0 Å². The molecule has 0 atom stereocenters. The third-order valence-electron chi connectivity index (χ3n) is 3.91. The number of fused-ring (bicyclic) bond motifs is 1. The van der Waals surface area contributed by atoms with Crippen LogP contribution in [0.3, 0.4) is 0 Å².